The number of hydrogen-bond donors (Lipinski definition) is 1. The molecule has 2 nitrogen and oxygen atoms in total. The molecule has 0 aliphatic carbocycles. The molecule has 1 saturated heterocycles. The van der Waals surface area contributed by atoms with Crippen LogP contribution in [0.2, 0.25) is 0 Å². The molecule has 1 aliphatic heterocycles. The minimum atomic E-state index is 0.351. The van der Waals surface area contributed by atoms with E-state index in [1.54, 1.807) is 0 Å². The van der Waals surface area contributed by atoms with Crippen LogP contribution in [0.15, 0.2) is 18.2 Å². The van der Waals surface area contributed by atoms with Gasteiger partial charge in [0, 0.05) is 25.2 Å². The average molecular weight is 218 g/mol. The molecular weight excluding hydrogens is 196 g/mol. The molecule has 1 aromatic carbocycles. The third kappa shape index (κ3) is 2.13. The first-order valence-electron chi connectivity index (χ1n) is 6.14. The Balaban J connectivity index is 2.15. The molecule has 2 heteroatoms. The van der Waals surface area contributed by atoms with E-state index in [0.717, 1.165) is 19.5 Å². The zero-order chi connectivity index (χ0) is 11.7. The molecule has 2 unspecified atom stereocenters. The van der Waals surface area contributed by atoms with Gasteiger partial charge in [0.25, 0.3) is 0 Å². The highest BCUT2D eigenvalue weighted by molar-refractivity contribution is 5.33. The van der Waals surface area contributed by atoms with E-state index in [1.807, 2.05) is 0 Å². The maximum Gasteiger partial charge on any atom is 0.0242 e. The highest BCUT2D eigenvalue weighted by atomic mass is 15.2. The van der Waals surface area contributed by atoms with Crippen molar-refractivity contribution in [3.8, 4) is 0 Å². The molecule has 0 amide bonds. The van der Waals surface area contributed by atoms with Crippen molar-refractivity contribution in [2.45, 2.75) is 45.8 Å². The molecule has 2 N–H and O–H groups in total. The summed E-state index contributed by atoms with van der Waals surface area (Å²) in [6.07, 6.45) is 1.13. The predicted molar refractivity (Wildman–Crippen MR) is 68.4 cm³/mol. The van der Waals surface area contributed by atoms with Gasteiger partial charge in [0.15, 0.2) is 0 Å². The summed E-state index contributed by atoms with van der Waals surface area (Å²) in [5.74, 6) is 0. The van der Waals surface area contributed by atoms with Crippen LogP contribution >= 0.6 is 0 Å². The van der Waals surface area contributed by atoms with Crippen molar-refractivity contribution in [3.05, 3.63) is 34.9 Å². The second kappa shape index (κ2) is 4.56. The molecule has 2 rings (SSSR count). The van der Waals surface area contributed by atoms with Crippen LogP contribution in [0.4, 0.5) is 0 Å². The van der Waals surface area contributed by atoms with Crippen molar-refractivity contribution in [2.24, 2.45) is 5.73 Å². The van der Waals surface area contributed by atoms with Gasteiger partial charge in [-0.05, 0) is 43.9 Å². The normalized spacial score (nSPS) is 26.2. The third-order valence-electron chi connectivity index (χ3n) is 3.95. The summed E-state index contributed by atoms with van der Waals surface area (Å²) in [7, 11) is 0. The average Bonchev–Trinajstić information content (AvgIpc) is 2.55. The van der Waals surface area contributed by atoms with E-state index in [0.29, 0.717) is 12.1 Å². The molecule has 1 aliphatic rings. The lowest BCUT2D eigenvalue weighted by Gasteiger charge is -2.24. The van der Waals surface area contributed by atoms with Crippen LogP contribution in [-0.4, -0.2) is 23.5 Å². The summed E-state index contributed by atoms with van der Waals surface area (Å²) in [6.45, 7) is 8.82. The first-order chi connectivity index (χ1) is 7.59. The maximum absolute atomic E-state index is 6.06. The minimum Gasteiger partial charge on any atom is -0.326 e. The van der Waals surface area contributed by atoms with E-state index in [-0.39, 0.29) is 0 Å². The first kappa shape index (κ1) is 11.6. The quantitative estimate of drug-likeness (QED) is 0.824. The van der Waals surface area contributed by atoms with Crippen LogP contribution in [0.1, 0.15) is 30.0 Å². The number of benzene rings is 1. The van der Waals surface area contributed by atoms with Gasteiger partial charge in [-0.25, -0.2) is 0 Å². The minimum absolute atomic E-state index is 0.351. The topological polar surface area (TPSA) is 29.3 Å². The van der Waals surface area contributed by atoms with Crippen molar-refractivity contribution in [1.82, 2.24) is 4.90 Å². The molecule has 2 atom stereocenters. The van der Waals surface area contributed by atoms with E-state index in [1.165, 1.54) is 16.7 Å². The summed E-state index contributed by atoms with van der Waals surface area (Å²) < 4.78 is 0. The molecule has 0 radical (unpaired) electrons. The van der Waals surface area contributed by atoms with Gasteiger partial charge >= 0.3 is 0 Å². The molecule has 0 bridgehead atoms. The first-order valence-corrected chi connectivity index (χ1v) is 6.14. The second-order valence-corrected chi connectivity index (χ2v) is 5.03. The van der Waals surface area contributed by atoms with Gasteiger partial charge in [-0.1, -0.05) is 18.2 Å². The Morgan fingerprint density at radius 2 is 1.94 bits per heavy atom. The predicted octanol–water partition coefficient (Wildman–Crippen LogP) is 2.22. The molecule has 0 spiro atoms. The van der Waals surface area contributed by atoms with Crippen LogP contribution < -0.4 is 5.73 Å². The number of hydrogen-bond acceptors (Lipinski definition) is 2. The number of likely N-dealkylation sites (tertiary alicyclic amines) is 1. The fraction of sp³-hybridized carbons (Fsp3) is 0.571. The Morgan fingerprint density at radius 1 is 1.31 bits per heavy atom. The fourth-order valence-electron chi connectivity index (χ4n) is 2.56. The number of rotatable bonds is 2. The number of nitrogens with zero attached hydrogens (tertiary/aromatic N) is 1. The summed E-state index contributed by atoms with van der Waals surface area (Å²) >= 11 is 0. The smallest absolute Gasteiger partial charge is 0.0242 e. The summed E-state index contributed by atoms with van der Waals surface area (Å²) in [5.41, 5.74) is 10.3. The molecule has 16 heavy (non-hydrogen) atoms. The molecule has 1 heterocycles. The Kier molecular flexibility index (Phi) is 3.31. The zero-order valence-corrected chi connectivity index (χ0v) is 10.5. The van der Waals surface area contributed by atoms with Crippen molar-refractivity contribution in [2.75, 3.05) is 6.54 Å². The Hall–Kier alpha value is -0.860. The summed E-state index contributed by atoms with van der Waals surface area (Å²) in [5, 5.41) is 0. The third-order valence-corrected chi connectivity index (χ3v) is 3.95. The molecular formula is C14H22N2. The van der Waals surface area contributed by atoms with Crippen molar-refractivity contribution >= 4 is 0 Å². The van der Waals surface area contributed by atoms with Crippen LogP contribution in [0.5, 0.6) is 0 Å². The van der Waals surface area contributed by atoms with E-state index in [9.17, 15) is 0 Å². The summed E-state index contributed by atoms with van der Waals surface area (Å²) in [6, 6.07) is 7.39. The van der Waals surface area contributed by atoms with E-state index in [2.05, 4.69) is 43.9 Å². The Bertz CT molecular complexity index is 353. The van der Waals surface area contributed by atoms with Crippen LogP contribution in [0.3, 0.4) is 0 Å². The monoisotopic (exact) mass is 218 g/mol. The van der Waals surface area contributed by atoms with Crippen molar-refractivity contribution in [1.29, 1.82) is 0 Å². The van der Waals surface area contributed by atoms with Crippen LogP contribution in [-0.2, 0) is 6.54 Å². The Labute approximate surface area is 98.4 Å². The van der Waals surface area contributed by atoms with Gasteiger partial charge in [0.1, 0.15) is 0 Å². The molecule has 0 aromatic heterocycles. The lowest BCUT2D eigenvalue weighted by Crippen LogP contribution is -2.36. The van der Waals surface area contributed by atoms with Crippen molar-refractivity contribution in [3.63, 3.8) is 0 Å². The van der Waals surface area contributed by atoms with Gasteiger partial charge < -0.3 is 5.73 Å². The Morgan fingerprint density at radius 3 is 2.44 bits per heavy atom. The largest absolute Gasteiger partial charge is 0.326 e. The van der Waals surface area contributed by atoms with Gasteiger partial charge in [0.2, 0.25) is 0 Å². The summed E-state index contributed by atoms with van der Waals surface area (Å²) in [4.78, 5) is 2.50. The molecule has 0 saturated carbocycles. The standard InChI is InChI=1S/C14H22N2/c1-10-5-4-6-11(2)13(10)9-16-8-7-14(15)12(16)3/h4-6,12,14H,7-9,15H2,1-3H3. The molecule has 1 aromatic rings. The number of nitrogens with two attached hydrogens (primary N) is 1. The fourth-order valence-corrected chi connectivity index (χ4v) is 2.56. The van der Waals surface area contributed by atoms with Gasteiger partial charge in [-0.15, -0.1) is 0 Å². The number of aryl methyl sites for hydroxylation is 2. The van der Waals surface area contributed by atoms with E-state index < -0.39 is 0 Å². The lowest BCUT2D eigenvalue weighted by atomic mass is 10.0. The SMILES string of the molecule is Cc1cccc(C)c1CN1CCC(N)C1C. The highest BCUT2D eigenvalue weighted by Gasteiger charge is 2.27. The van der Waals surface area contributed by atoms with Gasteiger partial charge in [0.05, 0.1) is 0 Å². The molecule has 88 valence electrons. The van der Waals surface area contributed by atoms with Gasteiger partial charge in [-0.2, -0.15) is 0 Å². The lowest BCUT2D eigenvalue weighted by molar-refractivity contribution is 0.251. The molecule has 1 fully saturated rings. The van der Waals surface area contributed by atoms with E-state index >= 15 is 0 Å². The van der Waals surface area contributed by atoms with Gasteiger partial charge in [-0.3, -0.25) is 4.90 Å². The highest BCUT2D eigenvalue weighted by Crippen LogP contribution is 2.22. The van der Waals surface area contributed by atoms with Crippen molar-refractivity contribution < 1.29 is 0 Å². The van der Waals surface area contributed by atoms with Crippen LogP contribution in [0, 0.1) is 13.8 Å². The zero-order valence-electron chi connectivity index (χ0n) is 10.5. The van der Waals surface area contributed by atoms with Crippen LogP contribution in [0.25, 0.3) is 0 Å². The maximum atomic E-state index is 6.06. The second-order valence-electron chi connectivity index (χ2n) is 5.03. The van der Waals surface area contributed by atoms with E-state index in [4.69, 9.17) is 5.73 Å².